The van der Waals surface area contributed by atoms with E-state index in [-0.39, 0.29) is 0 Å². The molecule has 21 heavy (non-hydrogen) atoms. The van der Waals surface area contributed by atoms with E-state index in [9.17, 15) is 5.11 Å². The van der Waals surface area contributed by atoms with Crippen molar-refractivity contribution in [3.8, 4) is 5.75 Å². The second kappa shape index (κ2) is 6.77. The maximum atomic E-state index is 10.5. The summed E-state index contributed by atoms with van der Waals surface area (Å²) in [5, 5.41) is 14.2. The van der Waals surface area contributed by atoms with Crippen LogP contribution in [0, 0.1) is 0 Å². The zero-order chi connectivity index (χ0) is 14.7. The number of ether oxygens (including phenoxy) is 1. The molecule has 0 radical (unpaired) electrons. The van der Waals surface area contributed by atoms with Gasteiger partial charge in [0.1, 0.15) is 5.75 Å². The van der Waals surface area contributed by atoms with E-state index in [1.54, 1.807) is 7.11 Å². The normalized spacial score (nSPS) is 27.9. The van der Waals surface area contributed by atoms with Crippen molar-refractivity contribution in [2.24, 2.45) is 0 Å². The predicted molar refractivity (Wildman–Crippen MR) is 83.6 cm³/mol. The van der Waals surface area contributed by atoms with Crippen molar-refractivity contribution in [3.63, 3.8) is 0 Å². The summed E-state index contributed by atoms with van der Waals surface area (Å²) in [6.07, 6.45) is 4.61. The molecule has 2 N–H and O–H groups in total. The van der Waals surface area contributed by atoms with Crippen molar-refractivity contribution >= 4 is 0 Å². The van der Waals surface area contributed by atoms with Crippen LogP contribution in [0.4, 0.5) is 0 Å². The van der Waals surface area contributed by atoms with Crippen molar-refractivity contribution < 1.29 is 9.84 Å². The molecule has 2 fully saturated rings. The highest BCUT2D eigenvalue weighted by Crippen LogP contribution is 2.28. The molecule has 2 aliphatic heterocycles. The summed E-state index contributed by atoms with van der Waals surface area (Å²) in [6.45, 7) is 2.97. The summed E-state index contributed by atoms with van der Waals surface area (Å²) in [4.78, 5) is 2.47. The number of benzene rings is 1. The first-order valence-corrected chi connectivity index (χ1v) is 8.07. The van der Waals surface area contributed by atoms with Gasteiger partial charge in [-0.1, -0.05) is 12.1 Å². The maximum absolute atomic E-state index is 10.5. The van der Waals surface area contributed by atoms with E-state index in [4.69, 9.17) is 4.74 Å². The molecule has 3 rings (SSSR count). The second-order valence-corrected chi connectivity index (χ2v) is 6.20. The van der Waals surface area contributed by atoms with Gasteiger partial charge in [-0.05, 0) is 56.5 Å². The second-order valence-electron chi connectivity index (χ2n) is 6.20. The molecule has 0 saturated carbocycles. The van der Waals surface area contributed by atoms with Crippen LogP contribution in [0.2, 0.25) is 0 Å². The Balaban J connectivity index is 1.64. The fraction of sp³-hybridized carbons (Fsp3) is 0.647. The molecule has 1 aromatic carbocycles. The molecular formula is C17H26N2O2. The maximum Gasteiger partial charge on any atom is 0.119 e. The molecule has 3 atom stereocenters. The van der Waals surface area contributed by atoms with Gasteiger partial charge < -0.3 is 15.2 Å². The first kappa shape index (κ1) is 14.8. The van der Waals surface area contributed by atoms with E-state index in [1.807, 2.05) is 24.3 Å². The smallest absolute Gasteiger partial charge is 0.119 e. The van der Waals surface area contributed by atoms with Gasteiger partial charge in [0.2, 0.25) is 0 Å². The van der Waals surface area contributed by atoms with Crippen molar-refractivity contribution in [2.75, 3.05) is 26.7 Å². The van der Waals surface area contributed by atoms with Gasteiger partial charge in [-0.3, -0.25) is 4.90 Å². The number of aliphatic hydroxyl groups is 1. The minimum absolute atomic E-state index is 0.442. The van der Waals surface area contributed by atoms with Crippen molar-refractivity contribution in [1.82, 2.24) is 10.2 Å². The van der Waals surface area contributed by atoms with E-state index in [2.05, 4.69) is 10.2 Å². The van der Waals surface area contributed by atoms with Crippen LogP contribution >= 0.6 is 0 Å². The number of likely N-dealkylation sites (tertiary alicyclic amines) is 1. The summed E-state index contributed by atoms with van der Waals surface area (Å²) in [6, 6.07) is 8.97. The third-order valence-corrected chi connectivity index (χ3v) is 4.86. The molecule has 4 heteroatoms. The zero-order valence-corrected chi connectivity index (χ0v) is 12.8. The molecule has 0 aromatic heterocycles. The SMILES string of the molecule is COc1cccc(C(O)CN2CCCC2C2CCCN2)c1. The number of hydrogen-bond acceptors (Lipinski definition) is 4. The summed E-state index contributed by atoms with van der Waals surface area (Å²) < 4.78 is 5.24. The van der Waals surface area contributed by atoms with Gasteiger partial charge in [0.05, 0.1) is 13.2 Å². The third kappa shape index (κ3) is 3.39. The highest BCUT2D eigenvalue weighted by molar-refractivity contribution is 5.30. The van der Waals surface area contributed by atoms with Crippen LogP contribution in [-0.2, 0) is 0 Å². The monoisotopic (exact) mass is 290 g/mol. The minimum Gasteiger partial charge on any atom is -0.497 e. The number of rotatable bonds is 5. The molecule has 2 heterocycles. The van der Waals surface area contributed by atoms with Gasteiger partial charge in [-0.25, -0.2) is 0 Å². The molecule has 1 aromatic rings. The lowest BCUT2D eigenvalue weighted by Gasteiger charge is -2.31. The molecule has 4 nitrogen and oxygen atoms in total. The highest BCUT2D eigenvalue weighted by atomic mass is 16.5. The lowest BCUT2D eigenvalue weighted by Crippen LogP contribution is -2.45. The average molecular weight is 290 g/mol. The standard InChI is InChI=1S/C17H26N2O2/c1-21-14-6-2-5-13(11-14)17(20)12-19-10-4-8-16(19)15-7-3-9-18-15/h2,5-6,11,15-18,20H,3-4,7-10,12H2,1H3. The van der Waals surface area contributed by atoms with E-state index >= 15 is 0 Å². The highest BCUT2D eigenvalue weighted by Gasteiger charge is 2.34. The van der Waals surface area contributed by atoms with Gasteiger partial charge in [0.15, 0.2) is 0 Å². The fourth-order valence-corrected chi connectivity index (χ4v) is 3.75. The molecule has 2 aliphatic rings. The number of methoxy groups -OCH3 is 1. The largest absolute Gasteiger partial charge is 0.497 e. The Bertz CT molecular complexity index is 460. The van der Waals surface area contributed by atoms with Crippen molar-refractivity contribution in [2.45, 2.75) is 43.9 Å². The van der Waals surface area contributed by atoms with E-state index in [1.165, 1.54) is 25.7 Å². The molecule has 0 amide bonds. The Morgan fingerprint density at radius 1 is 1.38 bits per heavy atom. The Labute approximate surface area is 127 Å². The lowest BCUT2D eigenvalue weighted by molar-refractivity contribution is 0.0969. The Kier molecular flexibility index (Phi) is 4.78. The first-order chi connectivity index (χ1) is 10.3. The van der Waals surface area contributed by atoms with Gasteiger partial charge in [-0.2, -0.15) is 0 Å². The number of aliphatic hydroxyl groups excluding tert-OH is 1. The zero-order valence-electron chi connectivity index (χ0n) is 12.8. The van der Waals surface area contributed by atoms with Crippen LogP contribution in [-0.4, -0.2) is 48.8 Å². The van der Waals surface area contributed by atoms with Gasteiger partial charge in [-0.15, -0.1) is 0 Å². The van der Waals surface area contributed by atoms with Crippen LogP contribution < -0.4 is 10.1 Å². The van der Waals surface area contributed by atoms with Crippen LogP contribution in [0.5, 0.6) is 5.75 Å². The van der Waals surface area contributed by atoms with Crippen LogP contribution in [0.1, 0.15) is 37.4 Å². The third-order valence-electron chi connectivity index (χ3n) is 4.86. The topological polar surface area (TPSA) is 44.7 Å². The molecule has 116 valence electrons. The van der Waals surface area contributed by atoms with Gasteiger partial charge >= 0.3 is 0 Å². The molecule has 0 bridgehead atoms. The van der Waals surface area contributed by atoms with Crippen molar-refractivity contribution in [1.29, 1.82) is 0 Å². The molecule has 0 spiro atoms. The number of hydrogen-bond donors (Lipinski definition) is 2. The number of nitrogens with zero attached hydrogens (tertiary/aromatic N) is 1. The molecule has 3 unspecified atom stereocenters. The fourth-order valence-electron chi connectivity index (χ4n) is 3.75. The average Bonchev–Trinajstić information content (AvgIpc) is 3.18. The Hall–Kier alpha value is -1.10. The minimum atomic E-state index is -0.442. The first-order valence-electron chi connectivity index (χ1n) is 8.07. The Morgan fingerprint density at radius 2 is 2.29 bits per heavy atom. The summed E-state index contributed by atoms with van der Waals surface area (Å²) in [7, 11) is 1.66. The van der Waals surface area contributed by atoms with Gasteiger partial charge in [0, 0.05) is 18.6 Å². The molecule has 2 saturated heterocycles. The number of nitrogens with one attached hydrogen (secondary N) is 1. The van der Waals surface area contributed by atoms with Crippen molar-refractivity contribution in [3.05, 3.63) is 29.8 Å². The number of β-amino-alcohol motifs (C(OH)–C–C–N with tert-alkyl or cyclic N) is 1. The van der Waals surface area contributed by atoms with Gasteiger partial charge in [0.25, 0.3) is 0 Å². The van der Waals surface area contributed by atoms with Crippen LogP contribution in [0.15, 0.2) is 24.3 Å². The summed E-state index contributed by atoms with van der Waals surface area (Å²) in [5.74, 6) is 0.807. The predicted octanol–water partition coefficient (Wildman–Crippen LogP) is 1.94. The Morgan fingerprint density at radius 3 is 3.05 bits per heavy atom. The molecular weight excluding hydrogens is 264 g/mol. The quantitative estimate of drug-likeness (QED) is 0.870. The van der Waals surface area contributed by atoms with Crippen LogP contribution in [0.25, 0.3) is 0 Å². The summed E-state index contributed by atoms with van der Waals surface area (Å²) in [5.41, 5.74) is 0.944. The van der Waals surface area contributed by atoms with E-state index < -0.39 is 6.10 Å². The summed E-state index contributed by atoms with van der Waals surface area (Å²) >= 11 is 0. The molecule has 0 aliphatic carbocycles. The van der Waals surface area contributed by atoms with E-state index in [0.717, 1.165) is 30.9 Å². The van der Waals surface area contributed by atoms with Crippen LogP contribution in [0.3, 0.4) is 0 Å². The lowest BCUT2D eigenvalue weighted by atomic mass is 10.0. The van der Waals surface area contributed by atoms with E-state index in [0.29, 0.717) is 12.1 Å².